The van der Waals surface area contributed by atoms with Gasteiger partial charge in [-0.25, -0.2) is 19.2 Å². The zero-order chi connectivity index (χ0) is 20.2. The van der Waals surface area contributed by atoms with Crippen molar-refractivity contribution >= 4 is 33.8 Å². The van der Waals surface area contributed by atoms with E-state index in [9.17, 15) is 9.18 Å². The predicted molar refractivity (Wildman–Crippen MR) is 110 cm³/mol. The molecule has 148 valence electrons. The number of thiophene rings is 1. The molecule has 29 heavy (non-hydrogen) atoms. The van der Waals surface area contributed by atoms with Gasteiger partial charge in [0.2, 0.25) is 0 Å². The van der Waals surface area contributed by atoms with E-state index in [2.05, 4.69) is 26.3 Å². The Morgan fingerprint density at radius 2 is 2.17 bits per heavy atom. The topological polar surface area (TPSA) is 81.2 Å². The van der Waals surface area contributed by atoms with Gasteiger partial charge in [-0.2, -0.15) is 0 Å². The Morgan fingerprint density at radius 1 is 1.28 bits per heavy atom. The molecule has 4 rings (SSSR count). The highest BCUT2D eigenvalue weighted by Crippen LogP contribution is 2.21. The first kappa shape index (κ1) is 19.5. The summed E-state index contributed by atoms with van der Waals surface area (Å²) in [6.07, 6.45) is 1.62. The van der Waals surface area contributed by atoms with Gasteiger partial charge in [-0.3, -0.25) is 4.98 Å². The number of hydrogen-bond acceptors (Lipinski definition) is 5. The summed E-state index contributed by atoms with van der Waals surface area (Å²) < 4.78 is 18.9. The second-order valence-corrected chi connectivity index (χ2v) is 7.72. The molecule has 4 aromatic rings. The van der Waals surface area contributed by atoms with Crippen LogP contribution in [-0.4, -0.2) is 9.97 Å². The van der Waals surface area contributed by atoms with E-state index in [0.29, 0.717) is 29.0 Å². The van der Waals surface area contributed by atoms with E-state index < -0.39 is 5.82 Å². The van der Waals surface area contributed by atoms with Gasteiger partial charge in [0.1, 0.15) is 22.6 Å². The van der Waals surface area contributed by atoms with Crippen molar-refractivity contribution in [2.45, 2.75) is 19.7 Å². The number of nitrogens with one attached hydrogen (secondary N) is 3. The summed E-state index contributed by atoms with van der Waals surface area (Å²) in [5, 5.41) is 5.86. The third-order valence-corrected chi connectivity index (χ3v) is 5.43. The number of aromatic amines is 2. The van der Waals surface area contributed by atoms with Gasteiger partial charge in [-0.15, -0.1) is 11.3 Å². The van der Waals surface area contributed by atoms with Crippen LogP contribution in [0.4, 0.5) is 4.39 Å². The van der Waals surface area contributed by atoms with Gasteiger partial charge < -0.3 is 10.1 Å². The van der Waals surface area contributed by atoms with Gasteiger partial charge >= 0.3 is 5.56 Å². The Balaban J connectivity index is 1.53. The number of rotatable bonds is 7. The Bertz CT molecular complexity index is 1200. The van der Waals surface area contributed by atoms with E-state index in [1.807, 2.05) is 11.4 Å². The van der Waals surface area contributed by atoms with Gasteiger partial charge in [0.25, 0.3) is 5.82 Å². The minimum Gasteiger partial charge on any atom is -0.481 e. The van der Waals surface area contributed by atoms with Crippen molar-refractivity contribution in [3.63, 3.8) is 0 Å². The van der Waals surface area contributed by atoms with E-state index in [-0.39, 0.29) is 17.2 Å². The number of fused-ring (bicyclic) bond motifs is 1. The minimum absolute atomic E-state index is 0.0261. The van der Waals surface area contributed by atoms with E-state index >= 15 is 0 Å². The number of ether oxygens (including phenoxy) is 1. The maximum absolute atomic E-state index is 13.3. The molecule has 0 spiro atoms. The predicted octanol–water partition coefficient (Wildman–Crippen LogP) is 3.46. The normalized spacial score (nSPS) is 11.1. The summed E-state index contributed by atoms with van der Waals surface area (Å²) >= 11 is 7.45. The van der Waals surface area contributed by atoms with Crippen molar-refractivity contribution in [2.24, 2.45) is 0 Å². The third kappa shape index (κ3) is 4.61. The zero-order valence-electron chi connectivity index (χ0n) is 15.2. The molecule has 0 amide bonds. The van der Waals surface area contributed by atoms with E-state index in [4.69, 9.17) is 16.3 Å². The molecule has 0 bridgehead atoms. The average Bonchev–Trinajstić information content (AvgIpc) is 3.23. The molecule has 0 unspecified atom stereocenters. The molecule has 1 aromatic carbocycles. The van der Waals surface area contributed by atoms with Crippen LogP contribution in [0.1, 0.15) is 16.4 Å². The molecule has 3 aromatic heterocycles. The smallest absolute Gasteiger partial charge is 0.343 e. The molecule has 0 radical (unpaired) electrons. The summed E-state index contributed by atoms with van der Waals surface area (Å²) in [5.41, 5.74) is 1.14. The molecule has 0 aliphatic rings. The molecule has 0 saturated carbocycles. The van der Waals surface area contributed by atoms with Crippen LogP contribution in [0.15, 0.2) is 52.8 Å². The van der Waals surface area contributed by atoms with Gasteiger partial charge in [0.05, 0.1) is 5.02 Å². The van der Waals surface area contributed by atoms with Crippen LogP contribution in [0.2, 0.25) is 5.02 Å². The molecule has 9 heteroatoms. The summed E-state index contributed by atoms with van der Waals surface area (Å²) in [4.78, 5) is 24.1. The van der Waals surface area contributed by atoms with Crippen molar-refractivity contribution in [2.75, 3.05) is 0 Å². The lowest BCUT2D eigenvalue weighted by molar-refractivity contribution is -0.368. The number of hydrogen-bond donors (Lipinski definition) is 2. The van der Waals surface area contributed by atoms with Crippen molar-refractivity contribution in [3.05, 3.63) is 85.6 Å². The molecule has 0 atom stereocenters. The van der Waals surface area contributed by atoms with Crippen molar-refractivity contribution in [1.82, 2.24) is 15.3 Å². The summed E-state index contributed by atoms with van der Waals surface area (Å²) in [5.74, 6) is 0.348. The Labute approximate surface area is 174 Å². The van der Waals surface area contributed by atoms with E-state index in [1.54, 1.807) is 23.6 Å². The molecular formula is C20H17ClFN4O2S+. The van der Waals surface area contributed by atoms with Crippen LogP contribution in [-0.2, 0) is 19.7 Å². The minimum atomic E-state index is -0.518. The molecule has 0 aliphatic carbocycles. The number of pyridine rings is 1. The van der Waals surface area contributed by atoms with Gasteiger partial charge in [-0.05, 0) is 29.6 Å². The maximum atomic E-state index is 13.3. The molecule has 0 saturated heterocycles. The summed E-state index contributed by atoms with van der Waals surface area (Å²) in [6.45, 7) is 1.29. The van der Waals surface area contributed by atoms with Crippen LogP contribution < -0.4 is 20.6 Å². The van der Waals surface area contributed by atoms with Crippen LogP contribution in [0.25, 0.3) is 10.9 Å². The molecule has 6 nitrogen and oxygen atoms in total. The Kier molecular flexibility index (Phi) is 5.84. The molecular weight excluding hydrogens is 415 g/mol. The summed E-state index contributed by atoms with van der Waals surface area (Å²) in [6, 6.07) is 9.82. The first-order valence-electron chi connectivity index (χ1n) is 8.83. The fourth-order valence-corrected chi connectivity index (χ4v) is 3.71. The number of nitrogens with zero attached hydrogens (tertiary/aromatic N) is 1. The average molecular weight is 432 g/mol. The molecule has 0 aliphatic heterocycles. The second kappa shape index (κ2) is 8.69. The fourth-order valence-electron chi connectivity index (χ4n) is 2.87. The van der Waals surface area contributed by atoms with Crippen LogP contribution in [0.3, 0.4) is 0 Å². The standard InChI is InChI=1S/C20H16ClFN4O2S/c21-15-8-12(3-4-16(15)22)28-11-18-25-19-14(20(27)26-18)5-6-24-17(19)10-23-9-13-2-1-7-29-13/h1-8,23H,9-11H2,(H,25,26,27)/p+1. The highest BCUT2D eigenvalue weighted by Gasteiger charge is 2.15. The van der Waals surface area contributed by atoms with E-state index in [1.165, 1.54) is 23.1 Å². The lowest BCUT2D eigenvalue weighted by atomic mass is 10.2. The van der Waals surface area contributed by atoms with Crippen LogP contribution in [0, 0.1) is 5.82 Å². The maximum Gasteiger partial charge on any atom is 0.343 e. The van der Waals surface area contributed by atoms with E-state index in [0.717, 1.165) is 12.2 Å². The molecule has 0 fully saturated rings. The lowest BCUT2D eigenvalue weighted by Gasteiger charge is -2.06. The quantitative estimate of drug-likeness (QED) is 0.469. The van der Waals surface area contributed by atoms with Crippen LogP contribution >= 0.6 is 22.9 Å². The first-order chi connectivity index (χ1) is 14.1. The number of benzene rings is 1. The first-order valence-corrected chi connectivity index (χ1v) is 10.1. The van der Waals surface area contributed by atoms with Crippen molar-refractivity contribution in [1.29, 1.82) is 0 Å². The number of halogens is 2. The Morgan fingerprint density at radius 3 is 2.97 bits per heavy atom. The number of aromatic nitrogens is 3. The molecule has 3 N–H and O–H groups in total. The zero-order valence-corrected chi connectivity index (χ0v) is 16.7. The highest BCUT2D eigenvalue weighted by molar-refractivity contribution is 7.09. The SMILES string of the molecule is O=c1[nH]c(COc2ccc(F)c(Cl)c2)[nH+]c2c(CNCc3cccs3)nccc12. The largest absolute Gasteiger partial charge is 0.481 e. The van der Waals surface area contributed by atoms with Crippen molar-refractivity contribution < 1.29 is 14.1 Å². The van der Waals surface area contributed by atoms with Crippen LogP contribution in [0.5, 0.6) is 5.75 Å². The van der Waals surface area contributed by atoms with Gasteiger partial charge in [-0.1, -0.05) is 17.7 Å². The van der Waals surface area contributed by atoms with Gasteiger partial charge in [0.15, 0.2) is 12.1 Å². The second-order valence-electron chi connectivity index (χ2n) is 6.29. The van der Waals surface area contributed by atoms with Gasteiger partial charge in [0, 0.05) is 30.2 Å². The summed E-state index contributed by atoms with van der Waals surface area (Å²) in [7, 11) is 0. The highest BCUT2D eigenvalue weighted by atomic mass is 35.5. The third-order valence-electron chi connectivity index (χ3n) is 4.26. The van der Waals surface area contributed by atoms with Crippen molar-refractivity contribution in [3.8, 4) is 5.75 Å². The monoisotopic (exact) mass is 431 g/mol. The fraction of sp³-hybridized carbons (Fsp3) is 0.150. The lowest BCUT2D eigenvalue weighted by Crippen LogP contribution is -2.27. The number of H-pyrrole nitrogens is 2. The Hall–Kier alpha value is -2.81. The molecule has 3 heterocycles.